The van der Waals surface area contributed by atoms with Crippen molar-refractivity contribution in [3.63, 3.8) is 0 Å². The molecule has 4 heteroatoms. The van der Waals surface area contributed by atoms with Crippen LogP contribution in [-0.2, 0) is 11.2 Å². The van der Waals surface area contributed by atoms with Crippen molar-refractivity contribution in [3.8, 4) is 0 Å². The van der Waals surface area contributed by atoms with Gasteiger partial charge in [0.25, 0.3) is 0 Å². The van der Waals surface area contributed by atoms with Crippen LogP contribution in [0.2, 0.25) is 0 Å². The van der Waals surface area contributed by atoms with Gasteiger partial charge in [0, 0.05) is 11.4 Å². The molecule has 0 saturated carbocycles. The second-order valence-electron chi connectivity index (χ2n) is 5.63. The van der Waals surface area contributed by atoms with Crippen molar-refractivity contribution < 1.29 is 4.79 Å². The summed E-state index contributed by atoms with van der Waals surface area (Å²) in [7, 11) is 0. The van der Waals surface area contributed by atoms with Crippen LogP contribution in [0.5, 0.6) is 0 Å². The van der Waals surface area contributed by atoms with E-state index in [-0.39, 0.29) is 5.91 Å². The number of nitrogens with one attached hydrogen (secondary N) is 1. The number of thioether (sulfide) groups is 1. The SMILES string of the molecule is O=C(CNCCc1ccccc1)N1CCCSc2ccccc21. The molecule has 3 nitrogen and oxygen atoms in total. The third-order valence-corrected chi connectivity index (χ3v) is 5.10. The Morgan fingerprint density at radius 2 is 1.87 bits per heavy atom. The number of amides is 1. The lowest BCUT2D eigenvalue weighted by molar-refractivity contribution is -0.117. The highest BCUT2D eigenvalue weighted by atomic mass is 32.2. The lowest BCUT2D eigenvalue weighted by Crippen LogP contribution is -2.39. The highest BCUT2D eigenvalue weighted by molar-refractivity contribution is 7.99. The Hall–Kier alpha value is -1.78. The van der Waals surface area contributed by atoms with Gasteiger partial charge in [0.15, 0.2) is 0 Å². The fourth-order valence-corrected chi connectivity index (χ4v) is 3.75. The van der Waals surface area contributed by atoms with E-state index in [4.69, 9.17) is 0 Å². The van der Waals surface area contributed by atoms with Crippen molar-refractivity contribution in [1.82, 2.24) is 5.32 Å². The minimum Gasteiger partial charge on any atom is -0.310 e. The van der Waals surface area contributed by atoms with E-state index in [9.17, 15) is 4.79 Å². The van der Waals surface area contributed by atoms with Crippen LogP contribution in [0.1, 0.15) is 12.0 Å². The maximum Gasteiger partial charge on any atom is 0.240 e. The Morgan fingerprint density at radius 1 is 1.09 bits per heavy atom. The van der Waals surface area contributed by atoms with Crippen LogP contribution in [0.15, 0.2) is 59.5 Å². The van der Waals surface area contributed by atoms with Crippen molar-refractivity contribution in [2.45, 2.75) is 17.7 Å². The summed E-state index contributed by atoms with van der Waals surface area (Å²) in [4.78, 5) is 15.7. The summed E-state index contributed by atoms with van der Waals surface area (Å²) in [5.41, 5.74) is 2.36. The van der Waals surface area contributed by atoms with E-state index < -0.39 is 0 Å². The predicted molar refractivity (Wildman–Crippen MR) is 97.2 cm³/mol. The Kier molecular flexibility index (Phi) is 5.72. The van der Waals surface area contributed by atoms with Gasteiger partial charge in [0.05, 0.1) is 12.2 Å². The topological polar surface area (TPSA) is 32.3 Å². The molecule has 0 atom stereocenters. The molecule has 0 aliphatic carbocycles. The van der Waals surface area contributed by atoms with E-state index in [1.807, 2.05) is 47.0 Å². The molecule has 0 unspecified atom stereocenters. The van der Waals surface area contributed by atoms with Crippen LogP contribution in [0.3, 0.4) is 0 Å². The standard InChI is InChI=1S/C19H22N2OS/c22-19(15-20-12-11-16-7-2-1-3-8-16)21-13-6-14-23-18-10-5-4-9-17(18)21/h1-5,7-10,20H,6,11-15H2. The summed E-state index contributed by atoms with van der Waals surface area (Å²) in [6.45, 7) is 2.02. The summed E-state index contributed by atoms with van der Waals surface area (Å²) in [6, 6.07) is 18.6. The molecule has 1 aliphatic heterocycles. The van der Waals surface area contributed by atoms with Crippen molar-refractivity contribution in [3.05, 3.63) is 60.2 Å². The molecule has 3 rings (SSSR count). The van der Waals surface area contributed by atoms with Gasteiger partial charge in [-0.1, -0.05) is 42.5 Å². The van der Waals surface area contributed by atoms with Crippen LogP contribution >= 0.6 is 11.8 Å². The van der Waals surface area contributed by atoms with E-state index in [0.29, 0.717) is 6.54 Å². The molecule has 0 bridgehead atoms. The molecular weight excluding hydrogens is 304 g/mol. The molecular formula is C19H22N2OS. The first-order valence-electron chi connectivity index (χ1n) is 8.11. The number of benzene rings is 2. The first-order chi connectivity index (χ1) is 11.3. The molecule has 0 aromatic heterocycles. The Bertz CT molecular complexity index is 645. The number of carbonyl (C=O) groups excluding carboxylic acids is 1. The van der Waals surface area contributed by atoms with Gasteiger partial charge in [-0.2, -0.15) is 0 Å². The van der Waals surface area contributed by atoms with Gasteiger partial charge in [-0.25, -0.2) is 0 Å². The second-order valence-corrected chi connectivity index (χ2v) is 6.76. The predicted octanol–water partition coefficient (Wildman–Crippen LogP) is 3.35. The Labute approximate surface area is 142 Å². The number of fused-ring (bicyclic) bond motifs is 1. The van der Waals surface area contributed by atoms with Crippen molar-refractivity contribution in [2.24, 2.45) is 0 Å². The number of anilines is 1. The molecule has 1 N–H and O–H groups in total. The van der Waals surface area contributed by atoms with Crippen molar-refractivity contribution in [2.75, 3.05) is 30.3 Å². The molecule has 23 heavy (non-hydrogen) atoms. The maximum absolute atomic E-state index is 12.6. The van der Waals surface area contributed by atoms with Gasteiger partial charge in [0.2, 0.25) is 5.91 Å². The summed E-state index contributed by atoms with van der Waals surface area (Å²) in [5.74, 6) is 1.23. The highest BCUT2D eigenvalue weighted by Gasteiger charge is 2.20. The van der Waals surface area contributed by atoms with Gasteiger partial charge in [0.1, 0.15) is 0 Å². The minimum atomic E-state index is 0.160. The van der Waals surface area contributed by atoms with Crippen LogP contribution < -0.4 is 10.2 Å². The molecule has 120 valence electrons. The normalized spacial score (nSPS) is 14.2. The number of hydrogen-bond donors (Lipinski definition) is 1. The summed E-state index contributed by atoms with van der Waals surface area (Å²) >= 11 is 1.84. The van der Waals surface area contributed by atoms with E-state index in [0.717, 1.165) is 37.4 Å². The molecule has 1 aliphatic rings. The number of hydrogen-bond acceptors (Lipinski definition) is 3. The average molecular weight is 326 g/mol. The molecule has 0 fully saturated rings. The fourth-order valence-electron chi connectivity index (χ4n) is 2.75. The smallest absolute Gasteiger partial charge is 0.240 e. The van der Waals surface area contributed by atoms with Crippen LogP contribution in [0, 0.1) is 0 Å². The lowest BCUT2D eigenvalue weighted by Gasteiger charge is -2.22. The average Bonchev–Trinajstić information content (AvgIpc) is 2.82. The number of carbonyl (C=O) groups is 1. The quantitative estimate of drug-likeness (QED) is 0.855. The van der Waals surface area contributed by atoms with E-state index >= 15 is 0 Å². The van der Waals surface area contributed by atoms with Gasteiger partial charge in [-0.05, 0) is 42.8 Å². The largest absolute Gasteiger partial charge is 0.310 e. The highest BCUT2D eigenvalue weighted by Crippen LogP contribution is 2.33. The first-order valence-corrected chi connectivity index (χ1v) is 9.10. The summed E-state index contributed by atoms with van der Waals surface area (Å²) in [6.07, 6.45) is 1.98. The minimum absolute atomic E-state index is 0.160. The zero-order chi connectivity index (χ0) is 15.9. The molecule has 1 heterocycles. The molecule has 1 amide bonds. The second kappa shape index (κ2) is 8.18. The Balaban J connectivity index is 1.54. The first kappa shape index (κ1) is 16.1. The fraction of sp³-hybridized carbons (Fsp3) is 0.316. The van der Waals surface area contributed by atoms with Crippen LogP contribution in [0.25, 0.3) is 0 Å². The molecule has 0 radical (unpaired) electrons. The van der Waals surface area contributed by atoms with E-state index in [1.165, 1.54) is 10.5 Å². The summed E-state index contributed by atoms with van der Waals surface area (Å²) in [5, 5.41) is 3.28. The lowest BCUT2D eigenvalue weighted by atomic mass is 10.1. The van der Waals surface area contributed by atoms with Gasteiger partial charge < -0.3 is 10.2 Å². The van der Waals surface area contributed by atoms with Gasteiger partial charge >= 0.3 is 0 Å². The Morgan fingerprint density at radius 3 is 2.74 bits per heavy atom. The monoisotopic (exact) mass is 326 g/mol. The number of para-hydroxylation sites is 1. The van der Waals surface area contributed by atoms with Gasteiger partial charge in [-0.15, -0.1) is 11.8 Å². The summed E-state index contributed by atoms with van der Waals surface area (Å²) < 4.78 is 0. The number of rotatable bonds is 5. The third kappa shape index (κ3) is 4.36. The zero-order valence-corrected chi connectivity index (χ0v) is 14.0. The van der Waals surface area contributed by atoms with E-state index in [1.54, 1.807) is 0 Å². The number of nitrogens with zero attached hydrogens (tertiary/aromatic N) is 1. The third-order valence-electron chi connectivity index (χ3n) is 3.95. The maximum atomic E-state index is 12.6. The zero-order valence-electron chi connectivity index (χ0n) is 13.2. The molecule has 0 spiro atoms. The molecule has 2 aromatic carbocycles. The molecule has 0 saturated heterocycles. The van der Waals surface area contributed by atoms with E-state index in [2.05, 4.69) is 29.6 Å². The van der Waals surface area contributed by atoms with Crippen molar-refractivity contribution in [1.29, 1.82) is 0 Å². The van der Waals surface area contributed by atoms with Crippen molar-refractivity contribution >= 4 is 23.4 Å². The molecule has 2 aromatic rings. The van der Waals surface area contributed by atoms with Crippen LogP contribution in [-0.4, -0.2) is 31.3 Å². The van der Waals surface area contributed by atoms with Crippen LogP contribution in [0.4, 0.5) is 5.69 Å². The van der Waals surface area contributed by atoms with Gasteiger partial charge in [-0.3, -0.25) is 4.79 Å².